The Kier molecular flexibility index (Phi) is 14.1. The Hall–Kier alpha value is -4.97. The summed E-state index contributed by atoms with van der Waals surface area (Å²) in [6, 6.07) is 16.5. The molecule has 274 valence electrons. The molecule has 0 saturated carbocycles. The molecule has 0 radical (unpaired) electrons. The lowest BCUT2D eigenvalue weighted by atomic mass is 9.88. The molecule has 50 heavy (non-hydrogen) atoms. The monoisotopic (exact) mass is 718 g/mol. The minimum atomic E-state index is -5.08. The minimum Gasteiger partial charge on any atom is -0.489 e. The van der Waals surface area contributed by atoms with E-state index in [9.17, 15) is 41.1 Å². The lowest BCUT2D eigenvalue weighted by Gasteiger charge is -2.44. The van der Waals surface area contributed by atoms with Gasteiger partial charge in [-0.05, 0) is 77.1 Å². The van der Waals surface area contributed by atoms with E-state index in [2.05, 4.69) is 36.0 Å². The van der Waals surface area contributed by atoms with Crippen molar-refractivity contribution in [3.8, 4) is 5.75 Å². The number of aliphatic carboxylic acids is 2. The third-order valence-electron chi connectivity index (χ3n) is 7.25. The van der Waals surface area contributed by atoms with E-state index in [4.69, 9.17) is 24.5 Å². The number of carboxylic acid groups (broad SMARTS) is 2. The van der Waals surface area contributed by atoms with Crippen LogP contribution in [0.4, 0.5) is 26.3 Å². The zero-order valence-electron chi connectivity index (χ0n) is 27.2. The molecule has 3 aromatic rings. The van der Waals surface area contributed by atoms with E-state index < -0.39 is 42.2 Å². The van der Waals surface area contributed by atoms with Crippen LogP contribution in [0.5, 0.6) is 5.75 Å². The summed E-state index contributed by atoms with van der Waals surface area (Å²) in [5.74, 6) is -6.11. The normalized spacial score (nSPS) is 16.5. The van der Waals surface area contributed by atoms with Gasteiger partial charge < -0.3 is 20.3 Å². The summed E-state index contributed by atoms with van der Waals surface area (Å²) in [5.41, 5.74) is 5.05. The number of fused-ring (bicyclic) bond motifs is 1. The Bertz CT molecular complexity index is 1620. The first-order chi connectivity index (χ1) is 23.0. The lowest BCUT2D eigenvalue weighted by molar-refractivity contribution is -0.193. The second-order valence-corrected chi connectivity index (χ2v) is 11.9. The second-order valence-electron chi connectivity index (χ2n) is 11.9. The van der Waals surface area contributed by atoms with E-state index in [0.29, 0.717) is 37.4 Å². The predicted octanol–water partition coefficient (Wildman–Crippen LogP) is 5.11. The Morgan fingerprint density at radius 2 is 1.46 bits per heavy atom. The number of benzene rings is 2. The summed E-state index contributed by atoms with van der Waals surface area (Å²) >= 11 is 0. The van der Waals surface area contributed by atoms with Crippen LogP contribution in [-0.2, 0) is 21.0 Å². The molecule has 0 spiro atoms. The van der Waals surface area contributed by atoms with Crippen molar-refractivity contribution in [2.75, 3.05) is 13.1 Å². The first-order valence-electron chi connectivity index (χ1n) is 14.7. The maximum atomic E-state index is 13.0. The van der Waals surface area contributed by atoms with Gasteiger partial charge in [0.1, 0.15) is 12.4 Å². The van der Waals surface area contributed by atoms with Crippen LogP contribution < -0.4 is 15.5 Å². The lowest BCUT2D eigenvalue weighted by Crippen LogP contribution is -2.59. The van der Waals surface area contributed by atoms with E-state index in [-0.39, 0.29) is 11.4 Å². The highest BCUT2D eigenvalue weighted by atomic mass is 19.4. The molecule has 18 heteroatoms. The van der Waals surface area contributed by atoms with Gasteiger partial charge in [0.15, 0.2) is 0 Å². The highest BCUT2D eigenvalue weighted by Crippen LogP contribution is 2.26. The number of piperidine rings is 1. The Labute approximate surface area is 282 Å². The van der Waals surface area contributed by atoms with E-state index in [1.54, 1.807) is 29.7 Å². The molecule has 0 unspecified atom stereocenters. The number of carbonyl (C=O) groups is 4. The second kappa shape index (κ2) is 17.1. The van der Waals surface area contributed by atoms with Gasteiger partial charge in [0.2, 0.25) is 5.91 Å². The molecule has 1 fully saturated rings. The number of aryl methyl sites for hydroxylation is 1. The SMILES string of the molecule is Cc1cc(COc2ccc(C(=O)N[C@@H]3CN(C(C)(C)C)CC[C@@H]3C(=O)NO)cc2)c2ccccc2n1.O=C(O)C(F)(F)F.O=C(O)C(F)(F)F. The van der Waals surface area contributed by atoms with E-state index in [0.717, 1.165) is 22.2 Å². The molecule has 4 rings (SSSR count). The molecule has 2 heterocycles. The highest BCUT2D eigenvalue weighted by Gasteiger charge is 2.39. The molecule has 1 aromatic heterocycles. The molecule has 12 nitrogen and oxygen atoms in total. The fourth-order valence-corrected chi connectivity index (χ4v) is 4.73. The fourth-order valence-electron chi connectivity index (χ4n) is 4.73. The molecule has 0 bridgehead atoms. The number of aromatic nitrogens is 1. The van der Waals surface area contributed by atoms with Crippen molar-refractivity contribution < 1.29 is 65.7 Å². The first-order valence-corrected chi connectivity index (χ1v) is 14.7. The maximum Gasteiger partial charge on any atom is 0.490 e. The van der Waals surface area contributed by atoms with Gasteiger partial charge in [0, 0.05) is 34.3 Å². The molecule has 1 aliphatic heterocycles. The molecule has 0 aliphatic carbocycles. The van der Waals surface area contributed by atoms with Gasteiger partial charge >= 0.3 is 24.3 Å². The Morgan fingerprint density at radius 3 is 1.96 bits per heavy atom. The number of halogens is 6. The van der Waals surface area contributed by atoms with Crippen LogP contribution >= 0.6 is 0 Å². The highest BCUT2D eigenvalue weighted by molar-refractivity contribution is 5.95. The van der Waals surface area contributed by atoms with Crippen LogP contribution in [0.15, 0.2) is 54.6 Å². The number of nitrogens with zero attached hydrogens (tertiary/aromatic N) is 2. The minimum absolute atomic E-state index is 0.0959. The maximum absolute atomic E-state index is 13.0. The van der Waals surface area contributed by atoms with Gasteiger partial charge in [0.05, 0.1) is 17.5 Å². The summed E-state index contributed by atoms with van der Waals surface area (Å²) in [6.07, 6.45) is -9.62. The first kappa shape index (κ1) is 41.2. The standard InChI is InChI=1S/C28H34N4O4.2C2HF3O2/c1-18-15-20(22-7-5-6-8-24(22)29-18)17-36-21-11-9-19(10-12-21)26(33)30-25-16-32(28(2,3)4)14-13-23(25)27(34)31-35;2*3-2(4,5)1(6)7/h5-12,15,23,25,35H,13-14,16-17H2,1-4H3,(H,30,33)(H,31,34);2*(H,6,7)/t23-,25+;;/m0../s1. The van der Waals surface area contributed by atoms with Crippen LogP contribution in [0.1, 0.15) is 48.8 Å². The Morgan fingerprint density at radius 1 is 0.920 bits per heavy atom. The number of nitrogens with one attached hydrogen (secondary N) is 2. The number of hydrogen-bond donors (Lipinski definition) is 5. The van der Waals surface area contributed by atoms with Crippen molar-refractivity contribution in [1.29, 1.82) is 0 Å². The average Bonchev–Trinajstić information content (AvgIpc) is 3.02. The van der Waals surface area contributed by atoms with Gasteiger partial charge in [-0.15, -0.1) is 0 Å². The number of likely N-dealkylation sites (tertiary alicyclic amines) is 1. The Balaban J connectivity index is 0.000000521. The number of amides is 2. The van der Waals surface area contributed by atoms with Crippen molar-refractivity contribution >= 4 is 34.7 Å². The molecular formula is C32H36F6N4O8. The van der Waals surface area contributed by atoms with Gasteiger partial charge in [-0.25, -0.2) is 15.1 Å². The van der Waals surface area contributed by atoms with Crippen molar-refractivity contribution in [2.24, 2.45) is 5.92 Å². The van der Waals surface area contributed by atoms with Crippen LogP contribution in [0, 0.1) is 12.8 Å². The quantitative estimate of drug-likeness (QED) is 0.131. The van der Waals surface area contributed by atoms with Crippen molar-refractivity contribution in [3.05, 3.63) is 71.4 Å². The summed E-state index contributed by atoms with van der Waals surface area (Å²) in [6.45, 7) is 9.90. The topological polar surface area (TPSA) is 178 Å². The van der Waals surface area contributed by atoms with Crippen molar-refractivity contribution in [2.45, 2.75) is 64.7 Å². The zero-order chi connectivity index (χ0) is 38.0. The molecule has 2 atom stereocenters. The molecular weight excluding hydrogens is 682 g/mol. The molecule has 1 saturated heterocycles. The fraction of sp³-hybridized carbons (Fsp3) is 0.406. The number of carboxylic acids is 2. The molecule has 2 amide bonds. The predicted molar refractivity (Wildman–Crippen MR) is 165 cm³/mol. The van der Waals surface area contributed by atoms with Gasteiger partial charge in [-0.2, -0.15) is 26.3 Å². The van der Waals surface area contributed by atoms with Gasteiger partial charge in [0.25, 0.3) is 5.91 Å². The van der Waals surface area contributed by atoms with Crippen molar-refractivity contribution in [3.63, 3.8) is 0 Å². The van der Waals surface area contributed by atoms with Crippen LogP contribution in [-0.4, -0.2) is 86.1 Å². The number of para-hydroxylation sites is 1. The van der Waals surface area contributed by atoms with E-state index in [1.807, 2.05) is 37.3 Å². The molecule has 5 N–H and O–H groups in total. The molecule has 1 aliphatic rings. The number of pyridine rings is 1. The van der Waals surface area contributed by atoms with Gasteiger partial charge in [-0.3, -0.25) is 24.7 Å². The summed E-state index contributed by atoms with van der Waals surface area (Å²) in [5, 5.41) is 27.5. The zero-order valence-corrected chi connectivity index (χ0v) is 27.2. The number of carbonyl (C=O) groups excluding carboxylic acids is 2. The van der Waals surface area contributed by atoms with E-state index in [1.165, 1.54) is 0 Å². The number of hydroxylamine groups is 1. The third kappa shape index (κ3) is 12.5. The number of alkyl halides is 6. The average molecular weight is 719 g/mol. The van der Waals surface area contributed by atoms with Crippen LogP contribution in [0.25, 0.3) is 10.9 Å². The van der Waals surface area contributed by atoms with E-state index >= 15 is 0 Å². The number of hydrogen-bond acceptors (Lipinski definition) is 8. The summed E-state index contributed by atoms with van der Waals surface area (Å²) in [7, 11) is 0. The largest absolute Gasteiger partial charge is 0.490 e. The summed E-state index contributed by atoms with van der Waals surface area (Å²) < 4.78 is 69.5. The molecule has 2 aromatic carbocycles. The number of ether oxygens (including phenoxy) is 1. The number of rotatable bonds is 6. The third-order valence-corrected chi connectivity index (χ3v) is 7.25. The smallest absolute Gasteiger partial charge is 0.489 e. The van der Waals surface area contributed by atoms with Crippen LogP contribution in [0.2, 0.25) is 0 Å². The van der Waals surface area contributed by atoms with Gasteiger partial charge in [-0.1, -0.05) is 18.2 Å². The van der Waals surface area contributed by atoms with Crippen molar-refractivity contribution in [1.82, 2.24) is 20.7 Å². The summed E-state index contributed by atoms with van der Waals surface area (Å²) in [4.78, 5) is 49.9. The van der Waals surface area contributed by atoms with Crippen LogP contribution in [0.3, 0.4) is 0 Å².